The number of hydrogen-bond acceptors (Lipinski definition) is 7. The number of nitrogens with two attached hydrogens (primary N) is 1. The van der Waals surface area contributed by atoms with Crippen LogP contribution in [0.1, 0.15) is 6.23 Å². The number of aliphatic hydroxyl groups is 3. The first-order valence-corrected chi connectivity index (χ1v) is 5.12. The molecule has 0 radical (unpaired) electrons. The summed E-state index contributed by atoms with van der Waals surface area (Å²) < 4.78 is 19.0. The molecule has 5 N–H and O–H groups in total. The van der Waals surface area contributed by atoms with Crippen LogP contribution in [0.5, 0.6) is 0 Å². The standard InChI is InChI=1S/C9H12FN3O5/c10-3-1-13(9(17)12-7(3)11)8-6(16)5(15)4(2-14)18-8/h1,4-6,8,14-16H,2H2,(H2,11,12,17)/i10-1. The molecular formula is C9H12FN3O5. The molecule has 0 aliphatic carbocycles. The fourth-order valence-corrected chi connectivity index (χ4v) is 1.75. The van der Waals surface area contributed by atoms with E-state index in [4.69, 9.17) is 15.6 Å². The van der Waals surface area contributed by atoms with E-state index in [1.54, 1.807) is 0 Å². The Balaban J connectivity index is 2.39. The topological polar surface area (TPSA) is 131 Å². The quantitative estimate of drug-likeness (QED) is 0.465. The summed E-state index contributed by atoms with van der Waals surface area (Å²) in [6.07, 6.45) is -4.52. The van der Waals surface area contributed by atoms with Crippen molar-refractivity contribution in [2.45, 2.75) is 24.5 Å². The number of anilines is 1. The number of ether oxygens (including phenoxy) is 1. The molecule has 1 fully saturated rings. The summed E-state index contributed by atoms with van der Waals surface area (Å²) in [5.41, 5.74) is 4.18. The van der Waals surface area contributed by atoms with Crippen molar-refractivity contribution in [1.29, 1.82) is 0 Å². The summed E-state index contributed by atoms with van der Waals surface area (Å²) in [5, 5.41) is 28.1. The number of aromatic nitrogens is 2. The van der Waals surface area contributed by atoms with Crippen LogP contribution in [0.2, 0.25) is 0 Å². The minimum atomic E-state index is -1.48. The predicted octanol–water partition coefficient (Wildman–Crippen LogP) is -2.42. The Morgan fingerprint density at radius 3 is 2.72 bits per heavy atom. The maximum atomic E-state index is 13.2. The normalized spacial score (nSPS) is 31.8. The third-order valence-corrected chi connectivity index (χ3v) is 2.73. The Kier molecular flexibility index (Phi) is 3.30. The van der Waals surface area contributed by atoms with Gasteiger partial charge in [-0.15, -0.1) is 0 Å². The molecule has 0 amide bonds. The number of halogens is 1. The molecule has 1 aromatic heterocycles. The molecule has 100 valence electrons. The number of rotatable bonds is 2. The summed E-state index contributed by atoms with van der Waals surface area (Å²) in [5.74, 6) is -1.52. The minimum Gasteiger partial charge on any atom is -0.394 e. The summed E-state index contributed by atoms with van der Waals surface area (Å²) >= 11 is 0. The monoisotopic (exact) mass is 260 g/mol. The molecule has 0 aromatic carbocycles. The van der Waals surface area contributed by atoms with Crippen LogP contribution in [0.4, 0.5) is 10.2 Å². The zero-order valence-electron chi connectivity index (χ0n) is 9.10. The SMILES string of the molecule is Nc1nc(=O)n(C2OC(CO)C(O)C2O)cc1[18F]. The molecule has 4 atom stereocenters. The molecule has 0 spiro atoms. The van der Waals surface area contributed by atoms with Crippen molar-refractivity contribution < 1.29 is 24.4 Å². The summed E-state index contributed by atoms with van der Waals surface area (Å²) in [4.78, 5) is 14.7. The second kappa shape index (κ2) is 4.61. The summed E-state index contributed by atoms with van der Waals surface area (Å²) in [6, 6.07) is 0. The average Bonchev–Trinajstić information content (AvgIpc) is 2.61. The van der Waals surface area contributed by atoms with Crippen LogP contribution in [0.3, 0.4) is 0 Å². The first kappa shape index (κ1) is 12.9. The van der Waals surface area contributed by atoms with E-state index in [2.05, 4.69) is 4.98 Å². The van der Waals surface area contributed by atoms with Gasteiger partial charge in [-0.25, -0.2) is 9.18 Å². The first-order chi connectivity index (χ1) is 8.45. The lowest BCUT2D eigenvalue weighted by atomic mass is 10.1. The van der Waals surface area contributed by atoms with Gasteiger partial charge in [0.15, 0.2) is 17.9 Å². The van der Waals surface area contributed by atoms with Crippen LogP contribution < -0.4 is 11.4 Å². The molecule has 8 nitrogen and oxygen atoms in total. The van der Waals surface area contributed by atoms with E-state index in [0.717, 1.165) is 6.20 Å². The molecule has 1 saturated heterocycles. The fraction of sp³-hybridized carbons (Fsp3) is 0.556. The predicted molar refractivity (Wildman–Crippen MR) is 55.9 cm³/mol. The van der Waals surface area contributed by atoms with Crippen LogP contribution >= 0.6 is 0 Å². The van der Waals surface area contributed by atoms with Crippen molar-refractivity contribution in [3.8, 4) is 0 Å². The Morgan fingerprint density at radius 2 is 2.17 bits per heavy atom. The van der Waals surface area contributed by atoms with Gasteiger partial charge < -0.3 is 25.8 Å². The van der Waals surface area contributed by atoms with Gasteiger partial charge in [0, 0.05) is 0 Å². The molecule has 0 bridgehead atoms. The van der Waals surface area contributed by atoms with Gasteiger partial charge in [-0.2, -0.15) is 4.98 Å². The highest BCUT2D eigenvalue weighted by molar-refractivity contribution is 5.26. The number of nitrogen functional groups attached to an aromatic ring is 1. The maximum absolute atomic E-state index is 13.2. The Labute approximate surface area is 100 Å². The number of hydrogen-bond donors (Lipinski definition) is 4. The van der Waals surface area contributed by atoms with Crippen LogP contribution in [0.25, 0.3) is 0 Å². The molecule has 9 heteroatoms. The van der Waals surface area contributed by atoms with Gasteiger partial charge >= 0.3 is 5.69 Å². The van der Waals surface area contributed by atoms with Gasteiger partial charge in [0.25, 0.3) is 0 Å². The Morgan fingerprint density at radius 1 is 1.50 bits per heavy atom. The second-order valence-corrected chi connectivity index (χ2v) is 3.89. The van der Waals surface area contributed by atoms with E-state index in [1.165, 1.54) is 0 Å². The Hall–Kier alpha value is -1.55. The van der Waals surface area contributed by atoms with E-state index in [0.29, 0.717) is 4.57 Å². The van der Waals surface area contributed by atoms with Crippen molar-refractivity contribution in [1.82, 2.24) is 9.55 Å². The molecule has 18 heavy (non-hydrogen) atoms. The van der Waals surface area contributed by atoms with Gasteiger partial charge in [-0.1, -0.05) is 0 Å². The van der Waals surface area contributed by atoms with Gasteiger partial charge in [0.1, 0.15) is 18.3 Å². The van der Waals surface area contributed by atoms with E-state index in [1.807, 2.05) is 0 Å². The highest BCUT2D eigenvalue weighted by Gasteiger charge is 2.43. The number of aliphatic hydroxyl groups excluding tert-OH is 3. The van der Waals surface area contributed by atoms with Crippen LogP contribution in [0.15, 0.2) is 11.0 Å². The fourth-order valence-electron chi connectivity index (χ4n) is 1.75. The lowest BCUT2D eigenvalue weighted by molar-refractivity contribution is -0.0553. The highest BCUT2D eigenvalue weighted by atomic mass is 18.2. The van der Waals surface area contributed by atoms with Crippen LogP contribution in [0, 0.1) is 5.82 Å². The molecule has 1 aromatic rings. The molecule has 4 unspecified atom stereocenters. The van der Waals surface area contributed by atoms with Crippen molar-refractivity contribution in [3.05, 3.63) is 22.5 Å². The average molecular weight is 260 g/mol. The van der Waals surface area contributed by atoms with Crippen molar-refractivity contribution in [3.63, 3.8) is 0 Å². The Bertz CT molecular complexity index is 507. The van der Waals surface area contributed by atoms with Gasteiger partial charge in [-0.3, -0.25) is 4.57 Å². The maximum Gasteiger partial charge on any atom is 0.351 e. The van der Waals surface area contributed by atoms with Crippen LogP contribution in [-0.2, 0) is 4.74 Å². The molecule has 0 saturated carbocycles. The molecule has 2 rings (SSSR count). The van der Waals surface area contributed by atoms with Gasteiger partial charge in [-0.05, 0) is 0 Å². The lowest BCUT2D eigenvalue weighted by Crippen LogP contribution is -2.36. The third kappa shape index (κ3) is 1.97. The van der Waals surface area contributed by atoms with Crippen molar-refractivity contribution in [2.75, 3.05) is 12.3 Å². The first-order valence-electron chi connectivity index (χ1n) is 5.12. The van der Waals surface area contributed by atoms with Crippen molar-refractivity contribution >= 4 is 5.82 Å². The lowest BCUT2D eigenvalue weighted by Gasteiger charge is -2.17. The molecule has 2 heterocycles. The van der Waals surface area contributed by atoms with Gasteiger partial charge in [0.2, 0.25) is 0 Å². The highest BCUT2D eigenvalue weighted by Crippen LogP contribution is 2.28. The largest absolute Gasteiger partial charge is 0.394 e. The van der Waals surface area contributed by atoms with E-state index in [9.17, 15) is 19.4 Å². The van der Waals surface area contributed by atoms with Crippen molar-refractivity contribution in [2.24, 2.45) is 0 Å². The summed E-state index contributed by atoms with van der Waals surface area (Å²) in [7, 11) is 0. The second-order valence-electron chi connectivity index (χ2n) is 3.89. The number of nitrogens with zero attached hydrogens (tertiary/aromatic N) is 2. The zero-order chi connectivity index (χ0) is 13.4. The molecular weight excluding hydrogens is 248 g/mol. The van der Waals surface area contributed by atoms with E-state index in [-0.39, 0.29) is 0 Å². The minimum absolute atomic E-state index is 0.547. The zero-order valence-corrected chi connectivity index (χ0v) is 9.10. The molecule has 1 aliphatic heterocycles. The van der Waals surface area contributed by atoms with E-state index < -0.39 is 48.5 Å². The molecule has 1 aliphatic rings. The third-order valence-electron chi connectivity index (χ3n) is 2.73. The van der Waals surface area contributed by atoms with Gasteiger partial charge in [0.05, 0.1) is 12.8 Å². The smallest absolute Gasteiger partial charge is 0.351 e. The van der Waals surface area contributed by atoms with Crippen LogP contribution in [-0.4, -0.2) is 49.8 Å². The van der Waals surface area contributed by atoms with E-state index >= 15 is 0 Å². The summed E-state index contributed by atoms with van der Waals surface area (Å²) in [6.45, 7) is -0.547.